The minimum Gasteiger partial charge on any atom is -0.376 e. The van der Waals surface area contributed by atoms with Crippen LogP contribution in [-0.4, -0.2) is 79.8 Å². The summed E-state index contributed by atoms with van der Waals surface area (Å²) >= 11 is 0. The van der Waals surface area contributed by atoms with Gasteiger partial charge in [-0.15, -0.1) is 0 Å². The number of hydrazine groups is 1. The highest BCUT2D eigenvalue weighted by Gasteiger charge is 2.42. The summed E-state index contributed by atoms with van der Waals surface area (Å²) < 4.78 is 0. The Kier molecular flexibility index (Phi) is 5.65. The first-order valence-corrected chi connectivity index (χ1v) is 12.3. The second kappa shape index (κ2) is 8.81. The molecule has 0 aliphatic carbocycles. The zero-order valence-electron chi connectivity index (χ0n) is 20.3. The first kappa shape index (κ1) is 21.8. The van der Waals surface area contributed by atoms with E-state index in [4.69, 9.17) is 0 Å². The quantitative estimate of drug-likeness (QED) is 0.467. The lowest BCUT2D eigenvalue weighted by Crippen LogP contribution is -2.46. The highest BCUT2D eigenvalue weighted by molar-refractivity contribution is 5.90. The van der Waals surface area contributed by atoms with Gasteiger partial charge in [-0.05, 0) is 37.2 Å². The fraction of sp³-hybridized carbons (Fsp3) is 0.520. The Morgan fingerprint density at radius 3 is 2.74 bits per heavy atom. The largest absolute Gasteiger partial charge is 0.376 e. The van der Waals surface area contributed by atoms with Gasteiger partial charge in [0.15, 0.2) is 0 Å². The molecule has 0 saturated carbocycles. The lowest BCUT2D eigenvalue weighted by atomic mass is 9.81. The Morgan fingerprint density at radius 1 is 1.06 bits per heavy atom. The molecule has 6 rings (SSSR count). The molecular formula is C25H35N9. The minimum atomic E-state index is 0.217. The molecule has 4 atom stereocenters. The second-order valence-electron chi connectivity index (χ2n) is 10.2. The van der Waals surface area contributed by atoms with Crippen molar-refractivity contribution in [3.8, 4) is 0 Å². The maximum Gasteiger partial charge on any atom is 0.139 e. The predicted molar refractivity (Wildman–Crippen MR) is 136 cm³/mol. The number of likely N-dealkylation sites (N-methyl/N-ethyl adjacent to an activating group) is 1. The van der Waals surface area contributed by atoms with Crippen LogP contribution in [0.4, 0.5) is 11.4 Å². The number of pyridine rings is 2. The van der Waals surface area contributed by atoms with E-state index in [2.05, 4.69) is 85.2 Å². The van der Waals surface area contributed by atoms with Gasteiger partial charge < -0.3 is 25.0 Å². The van der Waals surface area contributed by atoms with Crippen LogP contribution in [0.25, 0.3) is 11.0 Å². The number of piperazine rings is 1. The molecular weight excluding hydrogens is 426 g/mol. The summed E-state index contributed by atoms with van der Waals surface area (Å²) in [5.41, 5.74) is 13.0. The number of rotatable bonds is 4. The SMILES string of the molecule is CN1CCN(c2ccnc3[nH]c(C4NNC5CNC(c6cncc(N(C)C)c6)CC54)cc23)CC1. The number of H-pyrrole nitrogens is 1. The molecule has 6 heterocycles. The Bertz CT molecular complexity index is 1150. The van der Waals surface area contributed by atoms with Gasteiger partial charge in [-0.3, -0.25) is 10.4 Å². The van der Waals surface area contributed by atoms with Gasteiger partial charge in [0.1, 0.15) is 5.65 Å². The molecule has 9 nitrogen and oxygen atoms in total. The molecule has 9 heteroatoms. The Labute approximate surface area is 200 Å². The maximum absolute atomic E-state index is 4.67. The number of nitrogens with one attached hydrogen (secondary N) is 4. The molecule has 3 fully saturated rings. The summed E-state index contributed by atoms with van der Waals surface area (Å²) in [4.78, 5) is 19.8. The van der Waals surface area contributed by atoms with Crippen molar-refractivity contribution < 1.29 is 0 Å². The van der Waals surface area contributed by atoms with E-state index < -0.39 is 0 Å². The fourth-order valence-corrected chi connectivity index (χ4v) is 5.74. The first-order chi connectivity index (χ1) is 16.6. The number of aromatic amines is 1. The Hall–Kier alpha value is -2.72. The number of hydrogen-bond acceptors (Lipinski definition) is 8. The number of anilines is 2. The van der Waals surface area contributed by atoms with E-state index in [1.165, 1.54) is 22.3 Å². The highest BCUT2D eigenvalue weighted by atomic mass is 15.4. The molecule has 4 N–H and O–H groups in total. The number of fused-ring (bicyclic) bond motifs is 2. The van der Waals surface area contributed by atoms with Crippen LogP contribution >= 0.6 is 0 Å². The third-order valence-corrected chi connectivity index (χ3v) is 7.83. The van der Waals surface area contributed by atoms with Gasteiger partial charge in [-0.25, -0.2) is 10.4 Å². The third-order valence-electron chi connectivity index (χ3n) is 7.83. The predicted octanol–water partition coefficient (Wildman–Crippen LogP) is 1.64. The van der Waals surface area contributed by atoms with Gasteiger partial charge in [-0.2, -0.15) is 0 Å². The summed E-state index contributed by atoms with van der Waals surface area (Å²) in [6, 6.07) is 7.64. The van der Waals surface area contributed by atoms with Gasteiger partial charge in [0.25, 0.3) is 0 Å². The van der Waals surface area contributed by atoms with Crippen LogP contribution < -0.4 is 26.0 Å². The van der Waals surface area contributed by atoms with Crippen molar-refractivity contribution in [2.24, 2.45) is 5.92 Å². The van der Waals surface area contributed by atoms with E-state index >= 15 is 0 Å². The number of aromatic nitrogens is 3. The van der Waals surface area contributed by atoms with Crippen molar-refractivity contribution >= 4 is 22.4 Å². The molecule has 0 bridgehead atoms. The summed E-state index contributed by atoms with van der Waals surface area (Å²) in [6.07, 6.45) is 6.91. The molecule has 4 unspecified atom stereocenters. The van der Waals surface area contributed by atoms with Crippen molar-refractivity contribution in [2.45, 2.75) is 24.5 Å². The van der Waals surface area contributed by atoms with Gasteiger partial charge >= 0.3 is 0 Å². The molecule has 0 radical (unpaired) electrons. The van der Waals surface area contributed by atoms with Gasteiger partial charge in [0.2, 0.25) is 0 Å². The molecule has 3 aliphatic rings. The molecule has 3 aromatic heterocycles. The van der Waals surface area contributed by atoms with Crippen LogP contribution in [0, 0.1) is 5.92 Å². The Balaban J connectivity index is 1.26. The van der Waals surface area contributed by atoms with Crippen molar-refractivity contribution in [1.82, 2.24) is 36.0 Å². The van der Waals surface area contributed by atoms with Crippen LogP contribution in [0.5, 0.6) is 0 Å². The van der Waals surface area contributed by atoms with Gasteiger partial charge in [-0.1, -0.05) is 0 Å². The van der Waals surface area contributed by atoms with E-state index in [1.807, 2.05) is 18.6 Å². The number of piperidine rings is 1. The average molecular weight is 462 g/mol. The summed E-state index contributed by atoms with van der Waals surface area (Å²) in [7, 11) is 6.32. The fourth-order valence-electron chi connectivity index (χ4n) is 5.74. The summed E-state index contributed by atoms with van der Waals surface area (Å²) in [5.74, 6) is 0.467. The standard InChI is InChI=1S/C25H35N9/c1-32(2)17-10-16(13-26-14-17)20-11-18-22(15-28-20)30-31-24(18)21-12-19-23(4-5-27-25(19)29-21)34-8-6-33(3)7-9-34/h4-5,10,12-14,18,20,22,24,28,30-31H,6-9,11,15H2,1-3H3,(H,27,29). The average Bonchev–Trinajstić information content (AvgIpc) is 3.48. The zero-order chi connectivity index (χ0) is 23.2. The van der Waals surface area contributed by atoms with Crippen LogP contribution in [0.15, 0.2) is 36.8 Å². The Morgan fingerprint density at radius 2 is 1.91 bits per heavy atom. The highest BCUT2D eigenvalue weighted by Crippen LogP contribution is 2.40. The van der Waals surface area contributed by atoms with Crippen molar-refractivity contribution in [2.75, 3.05) is 63.7 Å². The van der Waals surface area contributed by atoms with Crippen molar-refractivity contribution in [3.63, 3.8) is 0 Å². The first-order valence-electron chi connectivity index (χ1n) is 12.3. The van der Waals surface area contributed by atoms with Crippen LogP contribution in [0.1, 0.15) is 29.8 Å². The summed E-state index contributed by atoms with van der Waals surface area (Å²) in [5, 5.41) is 4.96. The van der Waals surface area contributed by atoms with E-state index in [0.29, 0.717) is 18.0 Å². The normalized spacial score (nSPS) is 27.8. The molecule has 3 aromatic rings. The third kappa shape index (κ3) is 3.92. The van der Waals surface area contributed by atoms with Gasteiger partial charge in [0.05, 0.1) is 17.9 Å². The molecule has 0 spiro atoms. The number of hydrogen-bond donors (Lipinski definition) is 4. The molecule has 3 saturated heterocycles. The molecule has 0 amide bonds. The molecule has 34 heavy (non-hydrogen) atoms. The van der Waals surface area contributed by atoms with Crippen LogP contribution in [0.3, 0.4) is 0 Å². The van der Waals surface area contributed by atoms with Gasteiger partial charge in [0, 0.05) is 94.0 Å². The lowest BCUT2D eigenvalue weighted by Gasteiger charge is -2.34. The van der Waals surface area contributed by atoms with E-state index in [1.54, 1.807) is 0 Å². The van der Waals surface area contributed by atoms with Crippen LogP contribution in [-0.2, 0) is 0 Å². The molecule has 180 valence electrons. The smallest absolute Gasteiger partial charge is 0.139 e. The van der Waals surface area contributed by atoms with Crippen molar-refractivity contribution in [3.05, 3.63) is 48.0 Å². The van der Waals surface area contributed by atoms with E-state index in [0.717, 1.165) is 50.5 Å². The van der Waals surface area contributed by atoms with E-state index in [-0.39, 0.29) is 6.04 Å². The number of nitrogens with zero attached hydrogens (tertiary/aromatic N) is 5. The summed E-state index contributed by atoms with van der Waals surface area (Å²) in [6.45, 7) is 5.22. The zero-order valence-corrected chi connectivity index (χ0v) is 20.3. The topological polar surface area (TPSA) is 87.4 Å². The second-order valence-corrected chi connectivity index (χ2v) is 10.2. The van der Waals surface area contributed by atoms with Crippen molar-refractivity contribution in [1.29, 1.82) is 0 Å². The monoisotopic (exact) mass is 461 g/mol. The van der Waals surface area contributed by atoms with E-state index in [9.17, 15) is 0 Å². The lowest BCUT2D eigenvalue weighted by molar-refractivity contribution is 0.265. The maximum atomic E-state index is 4.67. The molecule has 0 aromatic carbocycles. The van der Waals surface area contributed by atoms with Crippen LogP contribution in [0.2, 0.25) is 0 Å². The molecule has 3 aliphatic heterocycles. The minimum absolute atomic E-state index is 0.217.